The fourth-order valence-corrected chi connectivity index (χ4v) is 7.13. The minimum absolute atomic E-state index is 0.101. The van der Waals surface area contributed by atoms with Crippen molar-refractivity contribution in [1.82, 2.24) is 0 Å². The highest BCUT2D eigenvalue weighted by molar-refractivity contribution is 6.23. The SMILES string of the molecule is CC(C)COC(=O)c1ccc(NC(=O)COC(=O)c2cccc(N3C(=O)[C@H]4C5c6ccccc6C(c6ccccc65)[C@@H]4C3=O)c2)cc1. The summed E-state index contributed by atoms with van der Waals surface area (Å²) in [4.78, 5) is 67.0. The third kappa shape index (κ3) is 5.27. The van der Waals surface area contributed by atoms with Gasteiger partial charge in [-0.2, -0.15) is 0 Å². The van der Waals surface area contributed by atoms with Crippen LogP contribution < -0.4 is 10.2 Å². The second kappa shape index (κ2) is 12.0. The van der Waals surface area contributed by atoms with Crippen molar-refractivity contribution in [3.8, 4) is 0 Å². The first-order valence-corrected chi connectivity index (χ1v) is 15.6. The molecule has 1 fully saturated rings. The van der Waals surface area contributed by atoms with Crippen LogP contribution in [0.4, 0.5) is 11.4 Å². The fraction of sp³-hybridized carbons (Fsp3) is 0.237. The van der Waals surface area contributed by atoms with E-state index in [9.17, 15) is 24.0 Å². The molecule has 8 rings (SSSR count). The number of rotatable bonds is 8. The van der Waals surface area contributed by atoms with Crippen LogP contribution in [-0.4, -0.2) is 42.9 Å². The van der Waals surface area contributed by atoms with Crippen LogP contribution in [0.15, 0.2) is 97.1 Å². The van der Waals surface area contributed by atoms with Gasteiger partial charge in [-0.1, -0.05) is 68.4 Å². The van der Waals surface area contributed by atoms with Gasteiger partial charge in [0, 0.05) is 17.5 Å². The maximum Gasteiger partial charge on any atom is 0.338 e. The number of carbonyl (C=O) groups is 5. The zero-order valence-electron chi connectivity index (χ0n) is 25.8. The molecule has 2 atom stereocenters. The van der Waals surface area contributed by atoms with Crippen molar-refractivity contribution >= 4 is 41.0 Å². The van der Waals surface area contributed by atoms with Gasteiger partial charge in [0.05, 0.1) is 35.3 Å². The third-order valence-corrected chi connectivity index (χ3v) is 9.08. The summed E-state index contributed by atoms with van der Waals surface area (Å²) >= 11 is 0. The van der Waals surface area contributed by atoms with Crippen molar-refractivity contribution in [3.05, 3.63) is 130 Å². The maximum absolute atomic E-state index is 14.1. The first-order chi connectivity index (χ1) is 22.7. The van der Waals surface area contributed by atoms with E-state index in [4.69, 9.17) is 9.47 Å². The topological polar surface area (TPSA) is 119 Å². The quantitative estimate of drug-likeness (QED) is 0.197. The summed E-state index contributed by atoms with van der Waals surface area (Å²) in [5.41, 5.74) is 5.47. The average Bonchev–Trinajstić information content (AvgIpc) is 3.36. The van der Waals surface area contributed by atoms with Gasteiger partial charge in [0.15, 0.2) is 6.61 Å². The lowest BCUT2D eigenvalue weighted by Crippen LogP contribution is -2.41. The Kier molecular flexibility index (Phi) is 7.67. The molecule has 236 valence electrons. The minimum Gasteiger partial charge on any atom is -0.462 e. The molecule has 4 aliphatic rings. The summed E-state index contributed by atoms with van der Waals surface area (Å²) in [6.45, 7) is 3.63. The van der Waals surface area contributed by atoms with Gasteiger partial charge >= 0.3 is 11.9 Å². The Bertz CT molecular complexity index is 1820. The number of nitrogens with zero attached hydrogens (tertiary/aromatic N) is 1. The van der Waals surface area contributed by atoms with Crippen LogP contribution >= 0.6 is 0 Å². The van der Waals surface area contributed by atoms with Crippen LogP contribution in [0.3, 0.4) is 0 Å². The Labute approximate surface area is 271 Å². The Morgan fingerprint density at radius 2 is 1.21 bits per heavy atom. The molecule has 9 nitrogen and oxygen atoms in total. The van der Waals surface area contributed by atoms with Gasteiger partial charge in [-0.25, -0.2) is 14.5 Å². The number of benzene rings is 4. The number of anilines is 2. The molecule has 1 saturated heterocycles. The van der Waals surface area contributed by atoms with E-state index >= 15 is 0 Å². The molecular weight excluding hydrogens is 596 g/mol. The van der Waals surface area contributed by atoms with Gasteiger partial charge in [-0.3, -0.25) is 14.4 Å². The smallest absolute Gasteiger partial charge is 0.338 e. The maximum atomic E-state index is 14.1. The summed E-state index contributed by atoms with van der Waals surface area (Å²) in [6, 6.07) is 28.4. The fourth-order valence-electron chi connectivity index (χ4n) is 7.13. The monoisotopic (exact) mass is 628 g/mol. The Balaban J connectivity index is 1.03. The molecule has 4 aromatic rings. The van der Waals surface area contributed by atoms with E-state index in [1.807, 2.05) is 62.4 Å². The summed E-state index contributed by atoms with van der Waals surface area (Å²) < 4.78 is 10.5. The predicted molar refractivity (Wildman–Crippen MR) is 173 cm³/mol. The van der Waals surface area contributed by atoms with Crippen molar-refractivity contribution in [3.63, 3.8) is 0 Å². The molecule has 0 radical (unpaired) electrons. The molecular formula is C38H32N2O7. The second-order valence-corrected chi connectivity index (χ2v) is 12.5. The highest BCUT2D eigenvalue weighted by Crippen LogP contribution is 2.61. The predicted octanol–water partition coefficient (Wildman–Crippen LogP) is 5.69. The van der Waals surface area contributed by atoms with Gasteiger partial charge in [0.2, 0.25) is 11.8 Å². The molecule has 4 aromatic carbocycles. The summed E-state index contributed by atoms with van der Waals surface area (Å²) in [5.74, 6) is -3.73. The number of imide groups is 1. The standard InChI is InChI=1S/C38H32N2O7/c1-21(2)19-46-37(44)22-14-16-24(17-15-22)39-30(41)20-47-38(45)23-8-7-9-25(18-23)40-35(42)33-31-26-10-3-4-11-27(26)32(34(33)36(40)43)29-13-6-5-12-28(29)31/h3-18,21,31-34H,19-20H2,1-2H3,(H,39,41)/t31?,32?,33-,34-/m0/s1. The van der Waals surface area contributed by atoms with Crippen LogP contribution in [0.25, 0.3) is 0 Å². The highest BCUT2D eigenvalue weighted by atomic mass is 16.5. The number of nitrogens with one attached hydrogen (secondary N) is 1. The van der Waals surface area contributed by atoms with Crippen molar-refractivity contribution in [2.45, 2.75) is 25.7 Å². The van der Waals surface area contributed by atoms with E-state index in [0.29, 0.717) is 17.9 Å². The van der Waals surface area contributed by atoms with E-state index in [1.54, 1.807) is 24.3 Å². The minimum atomic E-state index is -0.776. The number of ether oxygens (including phenoxy) is 2. The Hall–Kier alpha value is -5.57. The molecule has 9 heteroatoms. The zero-order valence-corrected chi connectivity index (χ0v) is 25.8. The Morgan fingerprint density at radius 1 is 0.681 bits per heavy atom. The van der Waals surface area contributed by atoms with Crippen LogP contribution in [0.5, 0.6) is 0 Å². The van der Waals surface area contributed by atoms with E-state index in [1.165, 1.54) is 29.2 Å². The molecule has 1 aliphatic heterocycles. The molecule has 1 N–H and O–H groups in total. The largest absolute Gasteiger partial charge is 0.462 e. The first kappa shape index (κ1) is 30.1. The van der Waals surface area contributed by atoms with E-state index in [0.717, 1.165) is 22.3 Å². The molecule has 3 amide bonds. The molecule has 0 aromatic heterocycles. The molecule has 1 heterocycles. The molecule has 0 unspecified atom stereocenters. The molecule has 3 aliphatic carbocycles. The summed E-state index contributed by atoms with van der Waals surface area (Å²) in [5, 5.41) is 2.62. The number of esters is 2. The van der Waals surface area contributed by atoms with Crippen molar-refractivity contribution < 1.29 is 33.4 Å². The first-order valence-electron chi connectivity index (χ1n) is 15.6. The van der Waals surface area contributed by atoms with Crippen molar-refractivity contribution in [2.24, 2.45) is 17.8 Å². The lowest BCUT2D eigenvalue weighted by Gasteiger charge is -2.45. The highest BCUT2D eigenvalue weighted by Gasteiger charge is 2.61. The number of hydrogen-bond donors (Lipinski definition) is 1. The lowest BCUT2D eigenvalue weighted by molar-refractivity contribution is -0.122. The summed E-state index contributed by atoms with van der Waals surface area (Å²) in [7, 11) is 0. The van der Waals surface area contributed by atoms with Crippen LogP contribution in [-0.2, 0) is 23.9 Å². The van der Waals surface area contributed by atoms with Crippen molar-refractivity contribution in [1.29, 1.82) is 0 Å². The van der Waals surface area contributed by atoms with Crippen LogP contribution in [0.2, 0.25) is 0 Å². The van der Waals surface area contributed by atoms with Gasteiger partial charge < -0.3 is 14.8 Å². The summed E-state index contributed by atoms with van der Waals surface area (Å²) in [6.07, 6.45) is 0. The lowest BCUT2D eigenvalue weighted by atomic mass is 9.55. The van der Waals surface area contributed by atoms with Gasteiger partial charge in [0.25, 0.3) is 5.91 Å². The average molecular weight is 629 g/mol. The normalized spacial score (nSPS) is 20.4. The van der Waals surface area contributed by atoms with E-state index in [-0.39, 0.29) is 40.8 Å². The van der Waals surface area contributed by atoms with Crippen LogP contribution in [0.1, 0.15) is 68.7 Å². The second-order valence-electron chi connectivity index (χ2n) is 12.5. The van der Waals surface area contributed by atoms with Gasteiger partial charge in [0.1, 0.15) is 0 Å². The molecule has 0 spiro atoms. The Morgan fingerprint density at radius 3 is 1.74 bits per heavy atom. The van der Waals surface area contributed by atoms with E-state index < -0.39 is 36.3 Å². The number of hydrogen-bond acceptors (Lipinski definition) is 7. The number of carbonyl (C=O) groups excluding carboxylic acids is 5. The number of amides is 3. The third-order valence-electron chi connectivity index (χ3n) is 9.08. The van der Waals surface area contributed by atoms with Gasteiger partial charge in [-0.05, 0) is 70.6 Å². The molecule has 2 bridgehead atoms. The molecule has 47 heavy (non-hydrogen) atoms. The zero-order chi connectivity index (χ0) is 32.8. The van der Waals surface area contributed by atoms with Gasteiger partial charge in [-0.15, -0.1) is 0 Å². The van der Waals surface area contributed by atoms with Crippen molar-refractivity contribution in [2.75, 3.05) is 23.4 Å². The van der Waals surface area contributed by atoms with Crippen LogP contribution in [0, 0.1) is 17.8 Å². The van der Waals surface area contributed by atoms with E-state index in [2.05, 4.69) is 5.32 Å². The molecule has 0 saturated carbocycles.